The molecular weight excluding hydrogens is 268 g/mol. The molecule has 0 radical (unpaired) electrons. The summed E-state index contributed by atoms with van der Waals surface area (Å²) in [6.07, 6.45) is 6.13. The second kappa shape index (κ2) is 5.27. The summed E-state index contributed by atoms with van der Waals surface area (Å²) < 4.78 is 1.64. The van der Waals surface area contributed by atoms with Crippen LogP contribution in [0.2, 0.25) is 0 Å². The van der Waals surface area contributed by atoms with E-state index >= 15 is 0 Å². The predicted molar refractivity (Wildman–Crippen MR) is 77.5 cm³/mol. The third kappa shape index (κ3) is 2.30. The van der Waals surface area contributed by atoms with Gasteiger partial charge in [-0.1, -0.05) is 6.92 Å². The van der Waals surface area contributed by atoms with E-state index in [1.54, 1.807) is 10.7 Å². The van der Waals surface area contributed by atoms with Gasteiger partial charge in [0, 0.05) is 18.7 Å². The lowest BCUT2D eigenvalue weighted by Gasteiger charge is -2.15. The second-order valence-electron chi connectivity index (χ2n) is 5.47. The van der Waals surface area contributed by atoms with Crippen LogP contribution in [0.3, 0.4) is 0 Å². The first-order valence-electron chi connectivity index (χ1n) is 7.31. The van der Waals surface area contributed by atoms with E-state index in [0.717, 1.165) is 25.0 Å². The van der Waals surface area contributed by atoms with Crippen LogP contribution in [0.4, 0.5) is 0 Å². The lowest BCUT2D eigenvalue weighted by atomic mass is 9.96. The van der Waals surface area contributed by atoms with E-state index < -0.39 is 0 Å². The van der Waals surface area contributed by atoms with E-state index in [4.69, 9.17) is 0 Å². The van der Waals surface area contributed by atoms with Gasteiger partial charge in [0.25, 0.3) is 5.91 Å². The van der Waals surface area contributed by atoms with Crippen LogP contribution in [0.1, 0.15) is 59.5 Å². The van der Waals surface area contributed by atoms with E-state index in [1.165, 1.54) is 6.20 Å². The Kier molecular flexibility index (Phi) is 3.45. The molecule has 0 bridgehead atoms. The third-order valence-corrected chi connectivity index (χ3v) is 3.98. The number of Topliss-reactive ketones (excluding diaryl/α,β-unsaturated/α-hetero) is 1. The van der Waals surface area contributed by atoms with Crippen molar-refractivity contribution in [1.29, 1.82) is 0 Å². The van der Waals surface area contributed by atoms with Crippen molar-refractivity contribution in [3.05, 3.63) is 29.2 Å². The van der Waals surface area contributed by atoms with Crippen LogP contribution in [-0.4, -0.2) is 32.3 Å². The zero-order valence-electron chi connectivity index (χ0n) is 12.2. The maximum Gasteiger partial charge on any atom is 0.256 e. The number of amides is 1. The van der Waals surface area contributed by atoms with Crippen molar-refractivity contribution in [2.75, 3.05) is 0 Å². The Balaban J connectivity index is 2.04. The summed E-state index contributed by atoms with van der Waals surface area (Å²) >= 11 is 0. The van der Waals surface area contributed by atoms with Gasteiger partial charge in [0.1, 0.15) is 5.56 Å². The molecule has 0 aliphatic heterocycles. The maximum atomic E-state index is 12.3. The van der Waals surface area contributed by atoms with Gasteiger partial charge in [-0.2, -0.15) is 5.10 Å². The molecule has 0 fully saturated rings. The summed E-state index contributed by atoms with van der Waals surface area (Å²) in [4.78, 5) is 28.4. The van der Waals surface area contributed by atoms with E-state index in [-0.39, 0.29) is 17.7 Å². The minimum atomic E-state index is -0.172. The van der Waals surface area contributed by atoms with Crippen molar-refractivity contribution >= 4 is 17.3 Å². The van der Waals surface area contributed by atoms with Crippen molar-refractivity contribution in [1.82, 2.24) is 19.9 Å². The fourth-order valence-corrected chi connectivity index (χ4v) is 2.57. The van der Waals surface area contributed by atoms with E-state index in [1.807, 2.05) is 13.8 Å². The average molecular weight is 286 g/mol. The Labute approximate surface area is 122 Å². The molecule has 1 atom stereocenters. The Hall–Kier alpha value is -2.24. The number of nitrogens with zero attached hydrogens (tertiary/aromatic N) is 3. The molecule has 3 rings (SSSR count). The summed E-state index contributed by atoms with van der Waals surface area (Å²) in [7, 11) is 0. The fraction of sp³-hybridized carbons (Fsp3) is 0.467. The molecule has 0 spiro atoms. The first-order valence-corrected chi connectivity index (χ1v) is 7.31. The Bertz CT molecular complexity index is 720. The van der Waals surface area contributed by atoms with Crippen LogP contribution in [0.5, 0.6) is 0 Å². The molecule has 2 heterocycles. The minimum absolute atomic E-state index is 0.103. The molecule has 1 amide bonds. The fourth-order valence-electron chi connectivity index (χ4n) is 2.57. The van der Waals surface area contributed by atoms with Crippen LogP contribution >= 0.6 is 0 Å². The molecule has 0 saturated heterocycles. The highest BCUT2D eigenvalue weighted by molar-refractivity contribution is 6.01. The predicted octanol–water partition coefficient (Wildman–Crippen LogP) is 1.78. The molecule has 110 valence electrons. The van der Waals surface area contributed by atoms with Crippen LogP contribution < -0.4 is 5.32 Å². The number of fused-ring (bicyclic) bond motifs is 3. The summed E-state index contributed by atoms with van der Waals surface area (Å²) in [5.74, 6) is -0.0688. The van der Waals surface area contributed by atoms with Crippen molar-refractivity contribution in [3.63, 3.8) is 0 Å². The summed E-state index contributed by atoms with van der Waals surface area (Å²) in [6, 6.07) is 0.103. The molecule has 21 heavy (non-hydrogen) atoms. The molecule has 2 aromatic rings. The van der Waals surface area contributed by atoms with Gasteiger partial charge in [0.05, 0.1) is 17.5 Å². The summed E-state index contributed by atoms with van der Waals surface area (Å²) in [6.45, 7) is 3.97. The van der Waals surface area contributed by atoms with Crippen molar-refractivity contribution in [3.8, 4) is 0 Å². The van der Waals surface area contributed by atoms with Crippen LogP contribution in [-0.2, 0) is 6.42 Å². The number of ketones is 1. The molecule has 0 aromatic carbocycles. The highest BCUT2D eigenvalue weighted by Crippen LogP contribution is 2.22. The number of carbonyl (C=O) groups excluding carboxylic acids is 2. The largest absolute Gasteiger partial charge is 0.349 e. The number of aryl methyl sites for hydroxylation is 1. The number of hydrogen-bond acceptors (Lipinski definition) is 4. The lowest BCUT2D eigenvalue weighted by molar-refractivity contribution is 0.0939. The standard InChI is InChI=1S/C15H18N4O2/c1-3-9(2)18-15(21)11-8-17-19-12-5-4-6-13(20)10(12)7-16-14(11)19/h7-9H,3-6H2,1-2H3,(H,18,21). The van der Waals surface area contributed by atoms with Gasteiger partial charge in [0.2, 0.25) is 0 Å². The van der Waals surface area contributed by atoms with Crippen LogP contribution in [0.15, 0.2) is 12.4 Å². The zero-order chi connectivity index (χ0) is 15.0. The molecule has 1 aliphatic carbocycles. The Morgan fingerprint density at radius 3 is 3.00 bits per heavy atom. The van der Waals surface area contributed by atoms with E-state index in [0.29, 0.717) is 23.2 Å². The number of carbonyl (C=O) groups is 2. The molecule has 0 saturated carbocycles. The lowest BCUT2D eigenvalue weighted by Crippen LogP contribution is -2.32. The Morgan fingerprint density at radius 2 is 2.24 bits per heavy atom. The van der Waals surface area contributed by atoms with Gasteiger partial charge in [-0.3, -0.25) is 9.59 Å². The van der Waals surface area contributed by atoms with Gasteiger partial charge < -0.3 is 5.32 Å². The highest BCUT2D eigenvalue weighted by Gasteiger charge is 2.23. The number of nitrogens with one attached hydrogen (secondary N) is 1. The highest BCUT2D eigenvalue weighted by atomic mass is 16.1. The van der Waals surface area contributed by atoms with Crippen molar-refractivity contribution in [2.24, 2.45) is 0 Å². The topological polar surface area (TPSA) is 76.4 Å². The third-order valence-electron chi connectivity index (χ3n) is 3.98. The van der Waals surface area contributed by atoms with Crippen LogP contribution in [0, 0.1) is 0 Å². The molecule has 6 heteroatoms. The van der Waals surface area contributed by atoms with Crippen molar-refractivity contribution < 1.29 is 9.59 Å². The quantitative estimate of drug-likeness (QED) is 0.933. The molecule has 1 unspecified atom stereocenters. The summed E-state index contributed by atoms with van der Waals surface area (Å²) in [5, 5.41) is 7.18. The maximum absolute atomic E-state index is 12.3. The molecule has 2 aromatic heterocycles. The molecular formula is C15H18N4O2. The first-order chi connectivity index (χ1) is 10.1. The van der Waals surface area contributed by atoms with Crippen molar-refractivity contribution in [2.45, 2.75) is 45.6 Å². The van der Waals surface area contributed by atoms with E-state index in [2.05, 4.69) is 15.4 Å². The second-order valence-corrected chi connectivity index (χ2v) is 5.47. The van der Waals surface area contributed by atoms with Crippen LogP contribution in [0.25, 0.3) is 5.65 Å². The zero-order valence-corrected chi connectivity index (χ0v) is 12.2. The van der Waals surface area contributed by atoms with Gasteiger partial charge in [0.15, 0.2) is 11.4 Å². The number of aromatic nitrogens is 3. The Morgan fingerprint density at radius 1 is 1.43 bits per heavy atom. The SMILES string of the molecule is CCC(C)NC(=O)c1cnn2c3c(cnc12)C(=O)CCC3. The molecule has 6 nitrogen and oxygen atoms in total. The molecule has 1 N–H and O–H groups in total. The number of rotatable bonds is 3. The first kappa shape index (κ1) is 13.7. The average Bonchev–Trinajstić information content (AvgIpc) is 2.91. The van der Waals surface area contributed by atoms with E-state index in [9.17, 15) is 9.59 Å². The van der Waals surface area contributed by atoms with Gasteiger partial charge >= 0.3 is 0 Å². The summed E-state index contributed by atoms with van der Waals surface area (Å²) in [5.41, 5.74) is 2.46. The van der Waals surface area contributed by atoms with Gasteiger partial charge in [-0.15, -0.1) is 0 Å². The van der Waals surface area contributed by atoms with Gasteiger partial charge in [-0.05, 0) is 26.2 Å². The molecule has 1 aliphatic rings. The minimum Gasteiger partial charge on any atom is -0.349 e. The van der Waals surface area contributed by atoms with Gasteiger partial charge in [-0.25, -0.2) is 9.50 Å². The monoisotopic (exact) mass is 286 g/mol. The smallest absolute Gasteiger partial charge is 0.256 e. The number of hydrogen-bond donors (Lipinski definition) is 1. The normalized spacial score (nSPS) is 15.8.